The summed E-state index contributed by atoms with van der Waals surface area (Å²) < 4.78 is 5.51. The summed E-state index contributed by atoms with van der Waals surface area (Å²) in [6, 6.07) is 0. The highest BCUT2D eigenvalue weighted by Gasteiger charge is 2.20. The fraction of sp³-hybridized carbons (Fsp3) is 1.00. The topological polar surface area (TPSA) is 41.5 Å². The zero-order valence-corrected chi connectivity index (χ0v) is 10.1. The summed E-state index contributed by atoms with van der Waals surface area (Å²) in [7, 11) is 0. The van der Waals surface area contributed by atoms with Gasteiger partial charge in [-0.1, -0.05) is 6.92 Å². The van der Waals surface area contributed by atoms with Crippen LogP contribution in [0.3, 0.4) is 0 Å². The first-order valence-electron chi connectivity index (χ1n) is 6.15. The molecule has 0 aromatic heterocycles. The summed E-state index contributed by atoms with van der Waals surface area (Å²) in [5, 5.41) is 13.0. The lowest BCUT2D eigenvalue weighted by Crippen LogP contribution is -2.37. The molecule has 0 aliphatic heterocycles. The van der Waals surface area contributed by atoms with E-state index in [2.05, 4.69) is 5.32 Å². The Labute approximate surface area is 93.2 Å². The normalized spacial score (nSPS) is 20.2. The zero-order chi connectivity index (χ0) is 11.1. The van der Waals surface area contributed by atoms with Gasteiger partial charge in [-0.05, 0) is 45.1 Å². The van der Waals surface area contributed by atoms with Gasteiger partial charge in [0.25, 0.3) is 0 Å². The van der Waals surface area contributed by atoms with Crippen LogP contribution in [-0.4, -0.2) is 37.0 Å². The quantitative estimate of drug-likeness (QED) is 0.573. The minimum atomic E-state index is -0.561. The predicted molar refractivity (Wildman–Crippen MR) is 61.9 cm³/mol. The van der Waals surface area contributed by atoms with Gasteiger partial charge in [0.1, 0.15) is 0 Å². The molecule has 0 radical (unpaired) electrons. The average molecular weight is 215 g/mol. The second kappa shape index (κ2) is 6.46. The number of hydrogen-bond donors (Lipinski definition) is 2. The van der Waals surface area contributed by atoms with Crippen LogP contribution in [0.4, 0.5) is 0 Å². The van der Waals surface area contributed by atoms with Crippen molar-refractivity contribution in [1.82, 2.24) is 5.32 Å². The minimum absolute atomic E-state index is 0.561. The Bertz CT molecular complexity index is 167. The lowest BCUT2D eigenvalue weighted by Gasteiger charge is -2.21. The van der Waals surface area contributed by atoms with E-state index in [9.17, 15) is 5.11 Å². The highest BCUT2D eigenvalue weighted by Crippen LogP contribution is 2.28. The van der Waals surface area contributed by atoms with E-state index in [1.807, 2.05) is 13.8 Å². The second-order valence-corrected chi connectivity index (χ2v) is 4.90. The summed E-state index contributed by atoms with van der Waals surface area (Å²) in [6.07, 6.45) is 4.54. The van der Waals surface area contributed by atoms with Crippen molar-refractivity contribution < 1.29 is 9.84 Å². The molecule has 1 rings (SSSR count). The first-order valence-corrected chi connectivity index (χ1v) is 6.15. The van der Waals surface area contributed by atoms with Gasteiger partial charge in [0, 0.05) is 19.8 Å². The molecule has 3 heteroatoms. The monoisotopic (exact) mass is 215 g/mol. The van der Waals surface area contributed by atoms with Crippen molar-refractivity contribution in [3.05, 3.63) is 0 Å². The van der Waals surface area contributed by atoms with E-state index >= 15 is 0 Å². The smallest absolute Gasteiger partial charge is 0.0740 e. The molecule has 1 saturated carbocycles. The van der Waals surface area contributed by atoms with Gasteiger partial charge in [-0.25, -0.2) is 0 Å². The number of rotatable bonds is 9. The van der Waals surface area contributed by atoms with Crippen LogP contribution in [0.1, 0.15) is 39.5 Å². The fourth-order valence-corrected chi connectivity index (χ4v) is 1.32. The van der Waals surface area contributed by atoms with Crippen molar-refractivity contribution in [1.29, 1.82) is 0 Å². The van der Waals surface area contributed by atoms with Crippen molar-refractivity contribution in [2.24, 2.45) is 5.92 Å². The highest BCUT2D eigenvalue weighted by molar-refractivity contribution is 4.73. The van der Waals surface area contributed by atoms with E-state index in [-0.39, 0.29) is 0 Å². The molecule has 1 fully saturated rings. The molecule has 0 amide bonds. The van der Waals surface area contributed by atoms with Crippen molar-refractivity contribution in [3.63, 3.8) is 0 Å². The van der Waals surface area contributed by atoms with Gasteiger partial charge < -0.3 is 15.2 Å². The largest absolute Gasteiger partial charge is 0.389 e. The third-order valence-corrected chi connectivity index (χ3v) is 2.96. The number of hydrogen-bond acceptors (Lipinski definition) is 3. The molecule has 1 atom stereocenters. The van der Waals surface area contributed by atoms with Crippen molar-refractivity contribution in [3.8, 4) is 0 Å². The Balaban J connectivity index is 1.79. The average Bonchev–Trinajstić information content (AvgIpc) is 3.00. The number of aliphatic hydroxyl groups is 1. The standard InChI is InChI=1S/C12H25NO2/c1-3-12(2,14)10-13-7-4-8-15-9-11-5-6-11/h11,13-14H,3-10H2,1-2H3. The molecule has 3 nitrogen and oxygen atoms in total. The summed E-state index contributed by atoms with van der Waals surface area (Å²) >= 11 is 0. The van der Waals surface area contributed by atoms with Gasteiger partial charge in [-0.3, -0.25) is 0 Å². The predicted octanol–water partition coefficient (Wildman–Crippen LogP) is 1.55. The van der Waals surface area contributed by atoms with Gasteiger partial charge in [0.2, 0.25) is 0 Å². The molecule has 0 aromatic rings. The van der Waals surface area contributed by atoms with Crippen LogP contribution in [0.25, 0.3) is 0 Å². The first kappa shape index (κ1) is 12.9. The van der Waals surface area contributed by atoms with Crippen LogP contribution < -0.4 is 5.32 Å². The Morgan fingerprint density at radius 3 is 2.80 bits per heavy atom. The first-order chi connectivity index (χ1) is 7.14. The maximum absolute atomic E-state index is 9.71. The molecular weight excluding hydrogens is 190 g/mol. The highest BCUT2D eigenvalue weighted by atomic mass is 16.5. The van der Waals surface area contributed by atoms with Gasteiger partial charge in [-0.2, -0.15) is 0 Å². The second-order valence-electron chi connectivity index (χ2n) is 4.90. The molecule has 0 heterocycles. The summed E-state index contributed by atoms with van der Waals surface area (Å²) in [4.78, 5) is 0. The number of nitrogens with one attached hydrogen (secondary N) is 1. The number of ether oxygens (including phenoxy) is 1. The van der Waals surface area contributed by atoms with E-state index < -0.39 is 5.60 Å². The van der Waals surface area contributed by atoms with E-state index in [1.165, 1.54) is 12.8 Å². The maximum Gasteiger partial charge on any atom is 0.0740 e. The Morgan fingerprint density at radius 2 is 2.20 bits per heavy atom. The Kier molecular flexibility index (Phi) is 5.58. The minimum Gasteiger partial charge on any atom is -0.389 e. The summed E-state index contributed by atoms with van der Waals surface area (Å²) in [5.41, 5.74) is -0.561. The fourth-order valence-electron chi connectivity index (χ4n) is 1.32. The van der Waals surface area contributed by atoms with E-state index in [4.69, 9.17) is 4.74 Å². The van der Waals surface area contributed by atoms with Gasteiger partial charge >= 0.3 is 0 Å². The Hall–Kier alpha value is -0.120. The van der Waals surface area contributed by atoms with E-state index in [1.54, 1.807) is 0 Å². The van der Waals surface area contributed by atoms with Gasteiger partial charge in [-0.15, -0.1) is 0 Å². The summed E-state index contributed by atoms with van der Waals surface area (Å²) in [5.74, 6) is 0.860. The Morgan fingerprint density at radius 1 is 1.47 bits per heavy atom. The van der Waals surface area contributed by atoms with Crippen LogP contribution in [0.15, 0.2) is 0 Å². The van der Waals surface area contributed by atoms with Crippen LogP contribution in [0.2, 0.25) is 0 Å². The van der Waals surface area contributed by atoms with Crippen LogP contribution in [-0.2, 0) is 4.74 Å². The molecule has 0 bridgehead atoms. The summed E-state index contributed by atoms with van der Waals surface area (Å²) in [6.45, 7) is 7.27. The molecule has 1 aliphatic carbocycles. The molecule has 1 aliphatic rings. The van der Waals surface area contributed by atoms with Gasteiger partial charge in [0.15, 0.2) is 0 Å². The SMILES string of the molecule is CCC(C)(O)CNCCCOCC1CC1. The zero-order valence-electron chi connectivity index (χ0n) is 10.1. The van der Waals surface area contributed by atoms with Crippen LogP contribution >= 0.6 is 0 Å². The van der Waals surface area contributed by atoms with Gasteiger partial charge in [0.05, 0.1) is 5.60 Å². The molecule has 90 valence electrons. The lowest BCUT2D eigenvalue weighted by atomic mass is 10.0. The molecule has 0 spiro atoms. The lowest BCUT2D eigenvalue weighted by molar-refractivity contribution is 0.0547. The van der Waals surface area contributed by atoms with E-state index in [0.717, 1.165) is 38.5 Å². The molecule has 1 unspecified atom stereocenters. The van der Waals surface area contributed by atoms with Crippen LogP contribution in [0, 0.1) is 5.92 Å². The van der Waals surface area contributed by atoms with Crippen LogP contribution in [0.5, 0.6) is 0 Å². The third kappa shape index (κ3) is 6.88. The molecule has 2 N–H and O–H groups in total. The molecule has 0 saturated heterocycles. The molecular formula is C12H25NO2. The molecule has 0 aromatic carbocycles. The van der Waals surface area contributed by atoms with E-state index in [0.29, 0.717) is 6.54 Å². The van der Waals surface area contributed by atoms with Crippen molar-refractivity contribution >= 4 is 0 Å². The third-order valence-electron chi connectivity index (χ3n) is 2.96. The maximum atomic E-state index is 9.71. The molecule has 15 heavy (non-hydrogen) atoms. The van der Waals surface area contributed by atoms with Crippen molar-refractivity contribution in [2.45, 2.75) is 45.1 Å². The van der Waals surface area contributed by atoms with Crippen molar-refractivity contribution in [2.75, 3.05) is 26.3 Å².